The number of imidazole rings is 1. The normalized spacial score (nSPS) is 16.3. The molecule has 7 nitrogen and oxygen atoms in total. The molecule has 1 amide bonds. The van der Waals surface area contributed by atoms with Gasteiger partial charge in [0.15, 0.2) is 0 Å². The van der Waals surface area contributed by atoms with Crippen LogP contribution in [-0.2, 0) is 4.79 Å². The fourth-order valence-electron chi connectivity index (χ4n) is 4.17. The Bertz CT molecular complexity index is 1250. The molecular weight excluding hydrogens is 433 g/mol. The molecule has 3 aromatic rings. The largest absolute Gasteiger partial charge is 0.495 e. The minimum atomic E-state index is -0.358. The summed E-state index contributed by atoms with van der Waals surface area (Å²) >= 11 is 0. The highest BCUT2D eigenvalue weighted by molar-refractivity contribution is 5.98. The van der Waals surface area contributed by atoms with Crippen LogP contribution in [0.5, 0.6) is 5.75 Å². The fraction of sp³-hybridized carbons (Fsp3) is 0.231. The van der Waals surface area contributed by atoms with E-state index in [-0.39, 0.29) is 23.5 Å². The first kappa shape index (κ1) is 23.1. The maximum atomic E-state index is 13.5. The lowest BCUT2D eigenvalue weighted by atomic mass is 10.1. The second kappa shape index (κ2) is 9.43. The van der Waals surface area contributed by atoms with Gasteiger partial charge in [-0.25, -0.2) is 9.37 Å². The van der Waals surface area contributed by atoms with E-state index in [0.29, 0.717) is 24.7 Å². The Morgan fingerprint density at radius 1 is 1.29 bits per heavy atom. The predicted molar refractivity (Wildman–Crippen MR) is 129 cm³/mol. The lowest BCUT2D eigenvalue weighted by molar-refractivity contribution is -0.126. The van der Waals surface area contributed by atoms with Crippen LogP contribution in [0.4, 0.5) is 4.39 Å². The van der Waals surface area contributed by atoms with Gasteiger partial charge in [0.2, 0.25) is 0 Å². The van der Waals surface area contributed by atoms with Crippen molar-refractivity contribution in [3.63, 3.8) is 0 Å². The summed E-state index contributed by atoms with van der Waals surface area (Å²) in [7, 11) is 1.59. The number of halogens is 1. The molecule has 0 radical (unpaired) electrons. The Morgan fingerprint density at radius 3 is 2.65 bits per heavy atom. The number of hydrogen-bond acceptors (Lipinski definition) is 5. The van der Waals surface area contributed by atoms with Crippen LogP contribution in [-0.4, -0.2) is 45.5 Å². The first-order chi connectivity index (χ1) is 16.3. The van der Waals surface area contributed by atoms with Crippen molar-refractivity contribution in [2.24, 2.45) is 5.73 Å². The highest BCUT2D eigenvalue weighted by Gasteiger charge is 2.38. The van der Waals surface area contributed by atoms with Gasteiger partial charge in [-0.05, 0) is 55.3 Å². The van der Waals surface area contributed by atoms with Crippen molar-refractivity contribution >= 4 is 12.0 Å². The quantitative estimate of drug-likeness (QED) is 0.562. The van der Waals surface area contributed by atoms with Gasteiger partial charge in [-0.15, -0.1) is 0 Å². The van der Waals surface area contributed by atoms with E-state index < -0.39 is 0 Å². The van der Waals surface area contributed by atoms with Crippen molar-refractivity contribution in [2.45, 2.75) is 19.9 Å². The Balaban J connectivity index is 1.64. The molecule has 1 unspecified atom stereocenters. The Morgan fingerprint density at radius 2 is 2.03 bits per heavy atom. The van der Waals surface area contributed by atoms with Crippen molar-refractivity contribution in [3.05, 3.63) is 95.7 Å². The molecule has 0 aliphatic carbocycles. The number of carbonyl (C=O) groups is 1. The third-order valence-corrected chi connectivity index (χ3v) is 5.97. The summed E-state index contributed by atoms with van der Waals surface area (Å²) < 4.78 is 20.9. The summed E-state index contributed by atoms with van der Waals surface area (Å²) in [6, 6.07) is 11.4. The van der Waals surface area contributed by atoms with Crippen molar-refractivity contribution in [1.82, 2.24) is 19.4 Å². The zero-order chi connectivity index (χ0) is 24.4. The van der Waals surface area contributed by atoms with E-state index >= 15 is 0 Å². The standard InChI is InChI=1S/C26H28FN5O2/c1-5-30-15-24(20-7-9-21(27)10-8-20)32(18(30)3)26(33)22(28)12-19-6-11-23(25(13-19)34-4)31-14-17(2)29-16-31/h6-14,16,24H,3,5,15,28H2,1-2,4H3/b22-12-. The maximum absolute atomic E-state index is 13.5. The first-order valence-electron chi connectivity index (χ1n) is 11.0. The van der Waals surface area contributed by atoms with Crippen molar-refractivity contribution in [2.75, 3.05) is 20.2 Å². The van der Waals surface area contributed by atoms with Crippen LogP contribution in [0.2, 0.25) is 0 Å². The van der Waals surface area contributed by atoms with Gasteiger partial charge in [-0.3, -0.25) is 9.69 Å². The Kier molecular flexibility index (Phi) is 6.40. The van der Waals surface area contributed by atoms with Crippen LogP contribution >= 0.6 is 0 Å². The number of likely N-dealkylation sites (N-methyl/N-ethyl adjacent to an activating group) is 1. The number of nitrogens with zero attached hydrogens (tertiary/aromatic N) is 4. The molecule has 0 saturated carbocycles. The lowest BCUT2D eigenvalue weighted by Gasteiger charge is -2.25. The zero-order valence-electron chi connectivity index (χ0n) is 19.5. The van der Waals surface area contributed by atoms with E-state index in [1.54, 1.807) is 36.5 Å². The fourth-order valence-corrected chi connectivity index (χ4v) is 4.17. The van der Waals surface area contributed by atoms with Gasteiger partial charge < -0.3 is 19.9 Å². The van der Waals surface area contributed by atoms with Crippen LogP contribution in [0.15, 0.2) is 73.1 Å². The molecule has 1 atom stereocenters. The predicted octanol–water partition coefficient (Wildman–Crippen LogP) is 4.00. The number of hydrogen-bond donors (Lipinski definition) is 1. The van der Waals surface area contributed by atoms with Gasteiger partial charge in [0.1, 0.15) is 17.4 Å². The number of nitrogens with two attached hydrogens (primary N) is 1. The van der Waals surface area contributed by atoms with E-state index in [0.717, 1.165) is 22.5 Å². The number of aryl methyl sites for hydroxylation is 1. The van der Waals surface area contributed by atoms with Crippen LogP contribution in [0.25, 0.3) is 11.8 Å². The highest BCUT2D eigenvalue weighted by atomic mass is 19.1. The molecular formula is C26H28FN5O2. The van der Waals surface area contributed by atoms with Gasteiger partial charge in [-0.2, -0.15) is 0 Å². The second-order valence-corrected chi connectivity index (χ2v) is 8.15. The molecule has 1 aliphatic rings. The van der Waals surface area contributed by atoms with Gasteiger partial charge >= 0.3 is 0 Å². The lowest BCUT2D eigenvalue weighted by Crippen LogP contribution is -2.34. The second-order valence-electron chi connectivity index (χ2n) is 8.15. The first-order valence-corrected chi connectivity index (χ1v) is 11.0. The van der Waals surface area contributed by atoms with Crippen LogP contribution in [0.3, 0.4) is 0 Å². The number of rotatable bonds is 6. The number of methoxy groups -OCH3 is 1. The van der Waals surface area contributed by atoms with Crippen molar-refractivity contribution in [3.8, 4) is 11.4 Å². The van der Waals surface area contributed by atoms with E-state index in [1.807, 2.05) is 47.7 Å². The number of aromatic nitrogens is 2. The molecule has 0 spiro atoms. The molecule has 4 rings (SSSR count). The third kappa shape index (κ3) is 4.39. The van der Waals surface area contributed by atoms with Crippen molar-refractivity contribution < 1.29 is 13.9 Å². The Hall–Kier alpha value is -4.07. The average Bonchev–Trinajstić information content (AvgIpc) is 3.41. The minimum absolute atomic E-state index is 0.0690. The van der Waals surface area contributed by atoms with Gasteiger partial charge in [0.25, 0.3) is 5.91 Å². The Labute approximate surface area is 198 Å². The molecule has 0 bridgehead atoms. The number of benzene rings is 2. The molecule has 1 saturated heterocycles. The topological polar surface area (TPSA) is 76.6 Å². The van der Waals surface area contributed by atoms with Gasteiger partial charge in [0, 0.05) is 19.3 Å². The molecule has 1 aromatic heterocycles. The molecule has 1 aliphatic heterocycles. The summed E-state index contributed by atoms with van der Waals surface area (Å²) in [4.78, 5) is 21.3. The number of carbonyl (C=O) groups excluding carboxylic acids is 1. The molecule has 2 N–H and O–H groups in total. The molecule has 1 fully saturated rings. The van der Waals surface area contributed by atoms with Gasteiger partial charge in [-0.1, -0.05) is 24.8 Å². The summed E-state index contributed by atoms with van der Waals surface area (Å²) in [6.07, 6.45) is 5.24. The summed E-state index contributed by atoms with van der Waals surface area (Å²) in [5.74, 6) is 0.511. The molecule has 2 heterocycles. The number of amides is 1. The summed E-state index contributed by atoms with van der Waals surface area (Å²) in [5, 5.41) is 0. The highest BCUT2D eigenvalue weighted by Crippen LogP contribution is 2.35. The van der Waals surface area contributed by atoms with Crippen LogP contribution in [0.1, 0.15) is 29.8 Å². The average molecular weight is 462 g/mol. The van der Waals surface area contributed by atoms with Crippen LogP contribution in [0, 0.1) is 12.7 Å². The van der Waals surface area contributed by atoms with E-state index in [4.69, 9.17) is 10.5 Å². The number of ether oxygens (including phenoxy) is 1. The smallest absolute Gasteiger partial charge is 0.275 e. The monoisotopic (exact) mass is 461 g/mol. The summed E-state index contributed by atoms with van der Waals surface area (Å²) in [6.45, 7) is 9.27. The van der Waals surface area contributed by atoms with E-state index in [2.05, 4.69) is 11.6 Å². The molecule has 8 heteroatoms. The molecule has 2 aromatic carbocycles. The van der Waals surface area contributed by atoms with Crippen molar-refractivity contribution in [1.29, 1.82) is 0 Å². The zero-order valence-corrected chi connectivity index (χ0v) is 19.5. The SMILES string of the molecule is C=C1N(CC)CC(c2ccc(F)cc2)N1C(=O)/C(N)=C/c1ccc(-n2cnc(C)c2)c(OC)c1. The third-order valence-electron chi connectivity index (χ3n) is 5.97. The van der Waals surface area contributed by atoms with E-state index in [9.17, 15) is 9.18 Å². The van der Waals surface area contributed by atoms with Gasteiger partial charge in [0.05, 0.1) is 36.6 Å². The maximum Gasteiger partial charge on any atom is 0.275 e. The molecule has 34 heavy (non-hydrogen) atoms. The minimum Gasteiger partial charge on any atom is -0.495 e. The summed E-state index contributed by atoms with van der Waals surface area (Å²) in [5.41, 5.74) is 9.61. The van der Waals surface area contributed by atoms with E-state index in [1.165, 1.54) is 12.1 Å². The molecule has 176 valence electrons. The van der Waals surface area contributed by atoms with Crippen LogP contribution < -0.4 is 10.5 Å².